The van der Waals surface area contributed by atoms with E-state index in [0.29, 0.717) is 23.6 Å². The number of carbonyl (C=O) groups is 2. The Morgan fingerprint density at radius 2 is 1.37 bits per heavy atom. The summed E-state index contributed by atoms with van der Waals surface area (Å²) >= 11 is 0. The highest BCUT2D eigenvalue weighted by Gasteiger charge is 2.48. The number of aryl methyl sites for hydroxylation is 2. The first-order chi connectivity index (χ1) is 12.9. The van der Waals surface area contributed by atoms with E-state index in [0.717, 1.165) is 11.3 Å². The molecule has 0 aromatic heterocycles. The fourth-order valence-electron chi connectivity index (χ4n) is 2.98. The van der Waals surface area contributed by atoms with Crippen LogP contribution in [0, 0.1) is 25.7 Å². The summed E-state index contributed by atoms with van der Waals surface area (Å²) in [6.07, 6.45) is 0.551. The molecule has 0 bridgehead atoms. The Bertz CT molecular complexity index is 878. The third-order valence-corrected chi connectivity index (χ3v) is 4.89. The summed E-state index contributed by atoms with van der Waals surface area (Å²) in [5.41, 5.74) is 3.66. The van der Waals surface area contributed by atoms with Crippen molar-refractivity contribution in [1.82, 2.24) is 0 Å². The normalized spacial score (nSPS) is 17.8. The summed E-state index contributed by atoms with van der Waals surface area (Å²) in [5.74, 6) is 0.229. The first kappa shape index (κ1) is 18.8. The van der Waals surface area contributed by atoms with Crippen molar-refractivity contribution in [2.24, 2.45) is 11.8 Å². The molecule has 1 fully saturated rings. The molecule has 2 aromatic rings. The summed E-state index contributed by atoms with van der Waals surface area (Å²) in [5, 5.41) is 5.74. The third-order valence-electron chi connectivity index (χ3n) is 4.89. The average molecular weight is 368 g/mol. The number of carbonyl (C=O) groups excluding carboxylic acids is 2. The van der Waals surface area contributed by atoms with Gasteiger partial charge in [-0.1, -0.05) is 6.07 Å². The summed E-state index contributed by atoms with van der Waals surface area (Å²) in [7, 11) is 3.09. The molecule has 6 heteroatoms. The molecule has 0 radical (unpaired) electrons. The Hall–Kier alpha value is -3.02. The lowest BCUT2D eigenvalue weighted by molar-refractivity contribution is -0.122. The predicted octanol–water partition coefficient (Wildman–Crippen LogP) is 3.53. The number of hydrogen-bond acceptors (Lipinski definition) is 4. The summed E-state index contributed by atoms with van der Waals surface area (Å²) in [4.78, 5) is 24.8. The maximum absolute atomic E-state index is 12.4. The van der Waals surface area contributed by atoms with Crippen molar-refractivity contribution in [3.63, 3.8) is 0 Å². The number of methoxy groups -OCH3 is 2. The molecule has 2 aromatic carbocycles. The van der Waals surface area contributed by atoms with Crippen LogP contribution in [0.25, 0.3) is 0 Å². The van der Waals surface area contributed by atoms with Crippen LogP contribution in [0.2, 0.25) is 0 Å². The molecule has 0 aliphatic heterocycles. The van der Waals surface area contributed by atoms with Crippen LogP contribution in [0.1, 0.15) is 17.5 Å². The largest absolute Gasteiger partial charge is 0.493 e. The van der Waals surface area contributed by atoms with Crippen LogP contribution in [0.4, 0.5) is 11.4 Å². The Balaban J connectivity index is 1.58. The second kappa shape index (κ2) is 7.70. The molecule has 2 unspecified atom stereocenters. The van der Waals surface area contributed by atoms with Gasteiger partial charge in [0.05, 0.1) is 26.1 Å². The zero-order valence-corrected chi connectivity index (χ0v) is 16.0. The molecule has 0 spiro atoms. The lowest BCUT2D eigenvalue weighted by Crippen LogP contribution is -2.20. The molecule has 0 saturated heterocycles. The molecule has 1 saturated carbocycles. The molecule has 2 amide bonds. The number of nitrogens with one attached hydrogen (secondary N) is 2. The average Bonchev–Trinajstić information content (AvgIpc) is 3.45. The number of anilines is 2. The zero-order valence-electron chi connectivity index (χ0n) is 16.0. The summed E-state index contributed by atoms with van der Waals surface area (Å²) in [6, 6.07) is 11.0. The highest BCUT2D eigenvalue weighted by Crippen LogP contribution is 2.40. The topological polar surface area (TPSA) is 76.7 Å². The monoisotopic (exact) mass is 368 g/mol. The third kappa shape index (κ3) is 4.22. The summed E-state index contributed by atoms with van der Waals surface area (Å²) < 4.78 is 10.4. The van der Waals surface area contributed by atoms with Gasteiger partial charge in [-0.15, -0.1) is 0 Å². The van der Waals surface area contributed by atoms with Gasteiger partial charge in [-0.05, 0) is 55.7 Å². The van der Waals surface area contributed by atoms with Crippen LogP contribution in [0.5, 0.6) is 11.5 Å². The van der Waals surface area contributed by atoms with E-state index < -0.39 is 0 Å². The maximum Gasteiger partial charge on any atom is 0.228 e. The van der Waals surface area contributed by atoms with Crippen LogP contribution >= 0.6 is 0 Å². The van der Waals surface area contributed by atoms with Crippen LogP contribution in [-0.4, -0.2) is 26.0 Å². The minimum absolute atomic E-state index is 0.120. The molecule has 27 heavy (non-hydrogen) atoms. The number of ether oxygens (including phenoxy) is 2. The lowest BCUT2D eigenvalue weighted by Gasteiger charge is -2.11. The molecule has 2 atom stereocenters. The first-order valence-corrected chi connectivity index (χ1v) is 8.84. The number of rotatable bonds is 6. The van der Waals surface area contributed by atoms with E-state index >= 15 is 0 Å². The van der Waals surface area contributed by atoms with E-state index in [1.807, 2.05) is 32.0 Å². The van der Waals surface area contributed by atoms with Crippen molar-refractivity contribution < 1.29 is 19.1 Å². The molecular weight excluding hydrogens is 344 g/mol. The molecule has 6 nitrogen and oxygen atoms in total. The van der Waals surface area contributed by atoms with Gasteiger partial charge in [0, 0.05) is 17.4 Å². The van der Waals surface area contributed by atoms with E-state index in [9.17, 15) is 9.59 Å². The molecule has 0 heterocycles. The molecule has 142 valence electrons. The highest BCUT2D eigenvalue weighted by atomic mass is 16.5. The van der Waals surface area contributed by atoms with Crippen molar-refractivity contribution in [3.8, 4) is 11.5 Å². The molecule has 3 rings (SSSR count). The van der Waals surface area contributed by atoms with Gasteiger partial charge in [0.15, 0.2) is 11.5 Å². The molecular formula is C21H24N2O4. The second-order valence-electron chi connectivity index (χ2n) is 6.80. The Kier molecular flexibility index (Phi) is 5.35. The van der Waals surface area contributed by atoms with Gasteiger partial charge in [0.2, 0.25) is 11.8 Å². The van der Waals surface area contributed by atoms with Crippen molar-refractivity contribution >= 4 is 23.2 Å². The van der Waals surface area contributed by atoms with E-state index in [2.05, 4.69) is 10.6 Å². The van der Waals surface area contributed by atoms with Crippen molar-refractivity contribution in [3.05, 3.63) is 47.5 Å². The molecule has 2 N–H and O–H groups in total. The van der Waals surface area contributed by atoms with Crippen LogP contribution in [0.15, 0.2) is 36.4 Å². The minimum Gasteiger partial charge on any atom is -0.493 e. The Morgan fingerprint density at radius 1 is 0.815 bits per heavy atom. The highest BCUT2D eigenvalue weighted by molar-refractivity contribution is 6.03. The number of amides is 2. The predicted molar refractivity (Wildman–Crippen MR) is 104 cm³/mol. The van der Waals surface area contributed by atoms with Gasteiger partial charge < -0.3 is 20.1 Å². The van der Waals surface area contributed by atoms with Crippen molar-refractivity contribution in [1.29, 1.82) is 0 Å². The lowest BCUT2D eigenvalue weighted by atomic mass is 10.1. The van der Waals surface area contributed by atoms with Crippen molar-refractivity contribution in [2.45, 2.75) is 20.3 Å². The van der Waals surface area contributed by atoms with E-state index in [4.69, 9.17) is 9.47 Å². The van der Waals surface area contributed by atoms with Gasteiger partial charge in [-0.25, -0.2) is 0 Å². The minimum atomic E-state index is -0.315. The van der Waals surface area contributed by atoms with Gasteiger partial charge in [-0.3, -0.25) is 9.59 Å². The maximum atomic E-state index is 12.4. The molecule has 1 aliphatic rings. The van der Waals surface area contributed by atoms with Crippen LogP contribution in [0.3, 0.4) is 0 Å². The van der Waals surface area contributed by atoms with Gasteiger partial charge in [0.1, 0.15) is 0 Å². The SMILES string of the molecule is COc1ccc(NC(=O)C2CC2C(=O)Nc2ccc(C)c(C)c2)cc1OC. The van der Waals surface area contributed by atoms with Crippen molar-refractivity contribution in [2.75, 3.05) is 24.9 Å². The molecule has 1 aliphatic carbocycles. The fraction of sp³-hybridized carbons (Fsp3) is 0.333. The second-order valence-corrected chi connectivity index (χ2v) is 6.80. The summed E-state index contributed by atoms with van der Waals surface area (Å²) in [6.45, 7) is 4.03. The van der Waals surface area contributed by atoms with Crippen LogP contribution < -0.4 is 20.1 Å². The number of hydrogen-bond donors (Lipinski definition) is 2. The van der Waals surface area contributed by atoms with E-state index in [1.54, 1.807) is 25.3 Å². The standard InChI is InChI=1S/C21H24N2O4/c1-12-5-6-14(9-13(12)2)22-20(24)16-11-17(16)21(25)23-15-7-8-18(26-3)19(10-15)27-4/h5-10,16-17H,11H2,1-4H3,(H,22,24)(H,23,25). The number of benzene rings is 2. The van der Waals surface area contributed by atoms with E-state index in [-0.39, 0.29) is 23.7 Å². The van der Waals surface area contributed by atoms with Crippen LogP contribution in [-0.2, 0) is 9.59 Å². The Morgan fingerprint density at radius 3 is 1.93 bits per heavy atom. The zero-order chi connectivity index (χ0) is 19.6. The van der Waals surface area contributed by atoms with Gasteiger partial charge in [-0.2, -0.15) is 0 Å². The van der Waals surface area contributed by atoms with Gasteiger partial charge in [0.25, 0.3) is 0 Å². The van der Waals surface area contributed by atoms with Gasteiger partial charge >= 0.3 is 0 Å². The Labute approximate surface area is 158 Å². The fourth-order valence-corrected chi connectivity index (χ4v) is 2.98. The quantitative estimate of drug-likeness (QED) is 0.818. The van der Waals surface area contributed by atoms with E-state index in [1.165, 1.54) is 12.7 Å². The smallest absolute Gasteiger partial charge is 0.228 e. The first-order valence-electron chi connectivity index (χ1n) is 8.84.